The molecule has 2 fully saturated rings. The largest absolute Gasteiger partial charge is 0.351 e. The van der Waals surface area contributed by atoms with Gasteiger partial charge in [0.25, 0.3) is 6.43 Å². The van der Waals surface area contributed by atoms with E-state index in [4.69, 9.17) is 0 Å². The van der Waals surface area contributed by atoms with Crippen LogP contribution in [0.3, 0.4) is 0 Å². The summed E-state index contributed by atoms with van der Waals surface area (Å²) in [5, 5.41) is 3.17. The van der Waals surface area contributed by atoms with E-state index >= 15 is 0 Å². The molecule has 3 nitrogen and oxygen atoms in total. The van der Waals surface area contributed by atoms with E-state index in [-0.39, 0.29) is 5.56 Å². The van der Waals surface area contributed by atoms with Crippen LogP contribution in [0.2, 0.25) is 0 Å². The average molecular weight is 211 g/mol. The van der Waals surface area contributed by atoms with Crippen LogP contribution < -0.4 is 5.32 Å². The number of hydrogen-bond donors (Lipinski definition) is 1. The van der Waals surface area contributed by atoms with Crippen molar-refractivity contribution in [1.82, 2.24) is 9.97 Å². The molecule has 5 heteroatoms. The minimum atomic E-state index is -2.49. The molecule has 3 rings (SSSR count). The molecule has 80 valence electrons. The topological polar surface area (TPSA) is 37.8 Å². The average Bonchev–Trinajstić information content (AvgIpc) is 3.10. The molecule has 0 amide bonds. The SMILES string of the molecule is FC(F)c1cnc(N[C@H]2CC23CC3)nc1. The van der Waals surface area contributed by atoms with Crippen molar-refractivity contribution in [3.8, 4) is 0 Å². The number of hydrogen-bond acceptors (Lipinski definition) is 3. The summed E-state index contributed by atoms with van der Waals surface area (Å²) in [5.74, 6) is 0.466. The van der Waals surface area contributed by atoms with Gasteiger partial charge in [-0.25, -0.2) is 18.7 Å². The van der Waals surface area contributed by atoms with E-state index in [1.165, 1.54) is 31.7 Å². The molecule has 1 heterocycles. The number of anilines is 1. The van der Waals surface area contributed by atoms with Crippen LogP contribution in [0.1, 0.15) is 31.3 Å². The highest BCUT2D eigenvalue weighted by Gasteiger charge is 2.63. The number of halogens is 2. The van der Waals surface area contributed by atoms with Gasteiger partial charge in [0.1, 0.15) is 0 Å². The number of aromatic nitrogens is 2. The molecule has 2 aliphatic carbocycles. The summed E-state index contributed by atoms with van der Waals surface area (Å²) in [6.07, 6.45) is 3.60. The molecule has 0 radical (unpaired) electrons. The molecule has 1 spiro atoms. The number of alkyl halides is 2. The molecule has 1 N–H and O–H groups in total. The fraction of sp³-hybridized carbons (Fsp3) is 0.600. The zero-order valence-corrected chi connectivity index (χ0v) is 8.08. The minimum Gasteiger partial charge on any atom is -0.351 e. The van der Waals surface area contributed by atoms with Crippen LogP contribution in [0, 0.1) is 5.41 Å². The molecule has 15 heavy (non-hydrogen) atoms. The maximum Gasteiger partial charge on any atom is 0.266 e. The van der Waals surface area contributed by atoms with Gasteiger partial charge in [-0.3, -0.25) is 0 Å². The minimum absolute atomic E-state index is 0.127. The highest BCUT2D eigenvalue weighted by Crippen LogP contribution is 2.66. The number of nitrogens with one attached hydrogen (secondary N) is 1. The van der Waals surface area contributed by atoms with Crippen molar-refractivity contribution in [3.05, 3.63) is 18.0 Å². The number of rotatable bonds is 3. The molecular weight excluding hydrogens is 200 g/mol. The zero-order valence-electron chi connectivity index (χ0n) is 8.08. The normalized spacial score (nSPS) is 25.7. The summed E-state index contributed by atoms with van der Waals surface area (Å²) in [6, 6.07) is 0.467. The summed E-state index contributed by atoms with van der Waals surface area (Å²) >= 11 is 0. The first-order valence-corrected chi connectivity index (χ1v) is 5.06. The number of nitrogens with zero attached hydrogens (tertiary/aromatic N) is 2. The summed E-state index contributed by atoms with van der Waals surface area (Å²) in [5.41, 5.74) is 0.391. The Morgan fingerprint density at radius 2 is 2.00 bits per heavy atom. The van der Waals surface area contributed by atoms with Gasteiger partial charge in [0, 0.05) is 18.4 Å². The van der Waals surface area contributed by atoms with Gasteiger partial charge < -0.3 is 5.32 Å². The van der Waals surface area contributed by atoms with E-state index in [1.54, 1.807) is 0 Å². The van der Waals surface area contributed by atoms with Gasteiger partial charge in [0.15, 0.2) is 0 Å². The Hall–Kier alpha value is -1.26. The van der Waals surface area contributed by atoms with Crippen molar-refractivity contribution in [2.24, 2.45) is 5.41 Å². The lowest BCUT2D eigenvalue weighted by molar-refractivity contribution is 0.150. The van der Waals surface area contributed by atoms with E-state index in [2.05, 4.69) is 15.3 Å². The monoisotopic (exact) mass is 211 g/mol. The molecule has 1 atom stereocenters. The Balaban J connectivity index is 1.66. The van der Waals surface area contributed by atoms with Crippen LogP contribution in [-0.4, -0.2) is 16.0 Å². The molecule has 2 aliphatic rings. The van der Waals surface area contributed by atoms with Crippen LogP contribution in [0.4, 0.5) is 14.7 Å². The van der Waals surface area contributed by atoms with Gasteiger partial charge in [-0.2, -0.15) is 0 Å². The third-order valence-electron chi connectivity index (χ3n) is 3.31. The van der Waals surface area contributed by atoms with Crippen LogP contribution in [0.25, 0.3) is 0 Å². The molecule has 2 saturated carbocycles. The van der Waals surface area contributed by atoms with Gasteiger partial charge in [0.2, 0.25) is 5.95 Å². The van der Waals surface area contributed by atoms with Crippen molar-refractivity contribution in [1.29, 1.82) is 0 Å². The molecule has 0 aromatic carbocycles. The predicted molar refractivity (Wildman–Crippen MR) is 50.7 cm³/mol. The Morgan fingerprint density at radius 1 is 1.33 bits per heavy atom. The molecule has 0 saturated heterocycles. The Bertz CT molecular complexity index is 373. The maximum atomic E-state index is 12.2. The van der Waals surface area contributed by atoms with Crippen molar-refractivity contribution < 1.29 is 8.78 Å². The van der Waals surface area contributed by atoms with Crippen molar-refractivity contribution in [2.45, 2.75) is 31.7 Å². The maximum absolute atomic E-state index is 12.2. The third-order valence-corrected chi connectivity index (χ3v) is 3.31. The quantitative estimate of drug-likeness (QED) is 0.834. The lowest BCUT2D eigenvalue weighted by Gasteiger charge is -2.03. The van der Waals surface area contributed by atoms with Crippen LogP contribution in [-0.2, 0) is 0 Å². The lowest BCUT2D eigenvalue weighted by Crippen LogP contribution is -2.08. The second-order valence-electron chi connectivity index (χ2n) is 4.40. The highest BCUT2D eigenvalue weighted by molar-refractivity contribution is 5.35. The lowest BCUT2D eigenvalue weighted by atomic mass is 10.4. The molecule has 0 unspecified atom stereocenters. The molecule has 1 aromatic heterocycles. The molecule has 1 aromatic rings. The first-order chi connectivity index (χ1) is 7.20. The van der Waals surface area contributed by atoms with Gasteiger partial charge >= 0.3 is 0 Å². The van der Waals surface area contributed by atoms with E-state index in [0.717, 1.165) is 0 Å². The van der Waals surface area contributed by atoms with E-state index in [1.807, 2.05) is 0 Å². The van der Waals surface area contributed by atoms with E-state index < -0.39 is 6.43 Å². The first-order valence-electron chi connectivity index (χ1n) is 5.06. The fourth-order valence-electron chi connectivity index (χ4n) is 1.95. The Labute approximate surface area is 85.9 Å². The standard InChI is InChI=1S/C10H11F2N3/c11-8(12)6-4-13-9(14-5-6)15-7-3-10(7)1-2-10/h4-5,7-8H,1-3H2,(H,13,14,15)/t7-/m0/s1. The van der Waals surface area contributed by atoms with Crippen molar-refractivity contribution >= 4 is 5.95 Å². The van der Waals surface area contributed by atoms with Gasteiger partial charge in [0.05, 0.1) is 5.56 Å². The zero-order chi connectivity index (χ0) is 10.5. The van der Waals surface area contributed by atoms with Gasteiger partial charge in [-0.1, -0.05) is 0 Å². The fourth-order valence-corrected chi connectivity index (χ4v) is 1.95. The van der Waals surface area contributed by atoms with Crippen molar-refractivity contribution in [3.63, 3.8) is 0 Å². The predicted octanol–water partition coefficient (Wildman–Crippen LogP) is 2.38. The summed E-state index contributed by atoms with van der Waals surface area (Å²) in [4.78, 5) is 7.74. The molecule has 0 bridgehead atoms. The first kappa shape index (κ1) is 9.00. The molecule has 0 aliphatic heterocycles. The summed E-state index contributed by atoms with van der Waals surface area (Å²) < 4.78 is 24.4. The highest BCUT2D eigenvalue weighted by atomic mass is 19.3. The second kappa shape index (κ2) is 2.87. The van der Waals surface area contributed by atoms with Gasteiger partial charge in [-0.15, -0.1) is 0 Å². The van der Waals surface area contributed by atoms with Crippen LogP contribution >= 0.6 is 0 Å². The molecular formula is C10H11F2N3. The second-order valence-corrected chi connectivity index (χ2v) is 4.40. The third kappa shape index (κ3) is 1.56. The summed E-state index contributed by atoms with van der Waals surface area (Å²) in [6.45, 7) is 0. The van der Waals surface area contributed by atoms with E-state index in [9.17, 15) is 8.78 Å². The van der Waals surface area contributed by atoms with Crippen molar-refractivity contribution in [2.75, 3.05) is 5.32 Å². The smallest absolute Gasteiger partial charge is 0.266 e. The summed E-state index contributed by atoms with van der Waals surface area (Å²) in [7, 11) is 0. The van der Waals surface area contributed by atoms with Gasteiger partial charge in [-0.05, 0) is 24.7 Å². The van der Waals surface area contributed by atoms with E-state index in [0.29, 0.717) is 17.4 Å². The van der Waals surface area contributed by atoms with Crippen LogP contribution in [0.15, 0.2) is 12.4 Å². The Kier molecular flexibility index (Phi) is 1.72. The van der Waals surface area contributed by atoms with Crippen LogP contribution in [0.5, 0.6) is 0 Å². The Morgan fingerprint density at radius 3 is 2.47 bits per heavy atom.